The topological polar surface area (TPSA) is 21.7 Å². The first-order chi connectivity index (χ1) is 9.79. The molecule has 0 N–H and O–H groups in total. The molecule has 20 heavy (non-hydrogen) atoms. The van der Waals surface area contributed by atoms with Gasteiger partial charge in [-0.1, -0.05) is 48.7 Å². The molecule has 0 aromatic heterocycles. The molecular weight excluding hydrogens is 307 g/mol. The normalized spacial score (nSPS) is 24.5. The number of rotatable bonds is 7. The molecule has 5 atom stereocenters. The van der Waals surface area contributed by atoms with E-state index in [0.29, 0.717) is 20.5 Å². The van der Waals surface area contributed by atoms with E-state index in [-0.39, 0.29) is 0 Å². The molecule has 1 aromatic rings. The summed E-state index contributed by atoms with van der Waals surface area (Å²) in [5.74, 6) is 0.630. The second-order valence-electron chi connectivity index (χ2n) is 5.22. The summed E-state index contributed by atoms with van der Waals surface area (Å²) in [5, 5.41) is 0. The van der Waals surface area contributed by atoms with Gasteiger partial charge in [-0.05, 0) is 24.3 Å². The molecular formula is C14H24NO2P3. The summed E-state index contributed by atoms with van der Waals surface area (Å²) in [7, 11) is 5.98. The van der Waals surface area contributed by atoms with E-state index in [2.05, 4.69) is 47.3 Å². The van der Waals surface area contributed by atoms with Crippen molar-refractivity contribution in [2.75, 3.05) is 19.8 Å². The van der Waals surface area contributed by atoms with Crippen molar-refractivity contribution in [2.24, 2.45) is 5.92 Å². The van der Waals surface area contributed by atoms with E-state index >= 15 is 0 Å². The Labute approximate surface area is 128 Å². The molecule has 1 aromatic carbocycles. The van der Waals surface area contributed by atoms with Crippen LogP contribution >= 0.6 is 26.8 Å². The van der Waals surface area contributed by atoms with Crippen LogP contribution in [0.2, 0.25) is 0 Å². The fraction of sp³-hybridized carbons (Fsp3) is 0.571. The molecule has 0 aliphatic carbocycles. The third-order valence-electron chi connectivity index (χ3n) is 3.67. The SMILES string of the molecule is PPOC[C@@H]1CCC(COCc2ccccc2)CN1P. The first-order valence-electron chi connectivity index (χ1n) is 7.00. The van der Waals surface area contributed by atoms with Gasteiger partial charge in [-0.3, -0.25) is 4.67 Å². The Morgan fingerprint density at radius 1 is 1.20 bits per heavy atom. The maximum absolute atomic E-state index is 5.85. The minimum Gasteiger partial charge on any atom is -0.376 e. The molecule has 0 saturated carbocycles. The number of hydrogen-bond donors (Lipinski definition) is 0. The zero-order valence-corrected chi connectivity index (χ0v) is 15.0. The van der Waals surface area contributed by atoms with Crippen molar-refractivity contribution in [3.63, 3.8) is 0 Å². The van der Waals surface area contributed by atoms with E-state index in [1.807, 2.05) is 6.07 Å². The molecule has 1 heterocycles. The van der Waals surface area contributed by atoms with Crippen LogP contribution in [-0.4, -0.2) is 30.5 Å². The van der Waals surface area contributed by atoms with Gasteiger partial charge in [-0.2, -0.15) is 0 Å². The summed E-state index contributed by atoms with van der Waals surface area (Å²) < 4.78 is 13.7. The quantitative estimate of drug-likeness (QED) is 0.714. The zero-order chi connectivity index (χ0) is 14.2. The van der Waals surface area contributed by atoms with Crippen molar-refractivity contribution in [1.29, 1.82) is 0 Å². The predicted octanol–water partition coefficient (Wildman–Crippen LogP) is 3.47. The van der Waals surface area contributed by atoms with Crippen LogP contribution in [0.25, 0.3) is 0 Å². The number of nitrogens with zero attached hydrogens (tertiary/aromatic N) is 1. The molecule has 1 saturated heterocycles. The number of ether oxygens (including phenoxy) is 1. The summed E-state index contributed by atoms with van der Waals surface area (Å²) in [4.78, 5) is 0. The van der Waals surface area contributed by atoms with Crippen LogP contribution in [-0.2, 0) is 15.9 Å². The van der Waals surface area contributed by atoms with Gasteiger partial charge < -0.3 is 9.26 Å². The van der Waals surface area contributed by atoms with E-state index in [9.17, 15) is 0 Å². The highest BCUT2D eigenvalue weighted by Crippen LogP contribution is 2.29. The monoisotopic (exact) mass is 331 g/mol. The number of hydrogen-bond acceptors (Lipinski definition) is 3. The number of benzene rings is 1. The minimum atomic E-state index is 0.506. The lowest BCUT2D eigenvalue weighted by Crippen LogP contribution is -2.40. The van der Waals surface area contributed by atoms with Crippen LogP contribution in [0, 0.1) is 5.92 Å². The summed E-state index contributed by atoms with van der Waals surface area (Å²) in [6, 6.07) is 10.9. The van der Waals surface area contributed by atoms with Gasteiger partial charge in [0.2, 0.25) is 0 Å². The molecule has 1 aliphatic rings. The standard InChI is InChI=1S/C14H24NO2P3/c18-15-8-13(6-7-14(15)11-17-20-19)10-16-9-12-4-2-1-3-5-12/h1-5,13-14,20H,6-11,18-19H2/t13?,14-/m0/s1. The number of piperidine rings is 1. The third kappa shape index (κ3) is 5.64. The van der Waals surface area contributed by atoms with Gasteiger partial charge in [0.05, 0.1) is 19.8 Å². The third-order valence-corrected chi connectivity index (χ3v) is 5.14. The van der Waals surface area contributed by atoms with E-state index in [0.717, 1.165) is 26.4 Å². The summed E-state index contributed by atoms with van der Waals surface area (Å²) in [5.41, 5.74) is 1.25. The van der Waals surface area contributed by atoms with E-state index in [1.54, 1.807) is 0 Å². The van der Waals surface area contributed by atoms with Crippen LogP contribution in [0.5, 0.6) is 0 Å². The van der Waals surface area contributed by atoms with Crippen LogP contribution in [0.3, 0.4) is 0 Å². The van der Waals surface area contributed by atoms with Crippen molar-refractivity contribution in [1.82, 2.24) is 4.67 Å². The van der Waals surface area contributed by atoms with Gasteiger partial charge in [0.25, 0.3) is 0 Å². The second-order valence-corrected chi connectivity index (χ2v) is 7.12. The Morgan fingerprint density at radius 2 is 2.00 bits per heavy atom. The van der Waals surface area contributed by atoms with Crippen molar-refractivity contribution < 1.29 is 9.26 Å². The predicted molar refractivity (Wildman–Crippen MR) is 93.0 cm³/mol. The van der Waals surface area contributed by atoms with Crippen LogP contribution < -0.4 is 0 Å². The van der Waals surface area contributed by atoms with Crippen LogP contribution in [0.15, 0.2) is 30.3 Å². The van der Waals surface area contributed by atoms with Crippen LogP contribution in [0.1, 0.15) is 18.4 Å². The Hall–Kier alpha value is 0.390. The highest BCUT2D eigenvalue weighted by Gasteiger charge is 2.25. The van der Waals surface area contributed by atoms with E-state index < -0.39 is 0 Å². The largest absolute Gasteiger partial charge is 0.376 e. The molecule has 0 spiro atoms. The Bertz CT molecular complexity index is 380. The molecule has 0 amide bonds. The van der Waals surface area contributed by atoms with E-state index in [1.165, 1.54) is 18.4 Å². The fourth-order valence-electron chi connectivity index (χ4n) is 2.51. The maximum Gasteiger partial charge on any atom is 0.0717 e. The van der Waals surface area contributed by atoms with Gasteiger partial charge in [0, 0.05) is 21.1 Å². The second kappa shape index (κ2) is 9.42. The average Bonchev–Trinajstić information content (AvgIpc) is 2.47. The van der Waals surface area contributed by atoms with Crippen LogP contribution in [0.4, 0.5) is 0 Å². The fourth-order valence-corrected chi connectivity index (χ4v) is 3.62. The summed E-state index contributed by atoms with van der Waals surface area (Å²) in [6.07, 6.45) is 2.42. The molecule has 112 valence electrons. The smallest absolute Gasteiger partial charge is 0.0717 e. The van der Waals surface area contributed by atoms with Gasteiger partial charge in [-0.25, -0.2) is 0 Å². The highest BCUT2D eigenvalue weighted by molar-refractivity contribution is 8.00. The summed E-state index contributed by atoms with van der Waals surface area (Å²) in [6.45, 7) is 3.48. The minimum absolute atomic E-state index is 0.506. The summed E-state index contributed by atoms with van der Waals surface area (Å²) >= 11 is 0. The van der Waals surface area contributed by atoms with Gasteiger partial charge >= 0.3 is 0 Å². The van der Waals surface area contributed by atoms with Crippen molar-refractivity contribution >= 4 is 26.8 Å². The molecule has 6 heteroatoms. The van der Waals surface area contributed by atoms with Crippen molar-refractivity contribution in [3.05, 3.63) is 35.9 Å². The molecule has 1 aliphatic heterocycles. The van der Waals surface area contributed by atoms with Gasteiger partial charge in [0.15, 0.2) is 0 Å². The Kier molecular flexibility index (Phi) is 7.89. The first-order valence-corrected chi connectivity index (χ1v) is 10.2. The van der Waals surface area contributed by atoms with E-state index in [4.69, 9.17) is 9.26 Å². The lowest BCUT2D eigenvalue weighted by atomic mass is 9.96. The highest BCUT2D eigenvalue weighted by atomic mass is 32.0. The van der Waals surface area contributed by atoms with Crippen molar-refractivity contribution in [3.8, 4) is 0 Å². The molecule has 2 rings (SSSR count). The lowest BCUT2D eigenvalue weighted by Gasteiger charge is -2.36. The Balaban J connectivity index is 1.66. The maximum atomic E-state index is 5.85. The first kappa shape index (κ1) is 16.8. The molecule has 1 fully saturated rings. The van der Waals surface area contributed by atoms with Gasteiger partial charge in [0.1, 0.15) is 0 Å². The van der Waals surface area contributed by atoms with Crippen molar-refractivity contribution in [2.45, 2.75) is 25.5 Å². The molecule has 3 nitrogen and oxygen atoms in total. The molecule has 0 radical (unpaired) electrons. The molecule has 4 unspecified atom stereocenters. The lowest BCUT2D eigenvalue weighted by molar-refractivity contribution is 0.0527. The zero-order valence-electron chi connectivity index (χ0n) is 11.7. The van der Waals surface area contributed by atoms with Gasteiger partial charge in [-0.15, -0.1) is 0 Å². The Morgan fingerprint density at radius 3 is 2.70 bits per heavy atom. The molecule has 0 bridgehead atoms. The average molecular weight is 331 g/mol.